The van der Waals surface area contributed by atoms with E-state index in [1.54, 1.807) is 9.80 Å². The molecule has 4 fully saturated rings. The van der Waals surface area contributed by atoms with Crippen molar-refractivity contribution in [1.82, 2.24) is 19.6 Å². The van der Waals surface area contributed by atoms with Gasteiger partial charge in [0.25, 0.3) is 0 Å². The second-order valence-electron chi connectivity index (χ2n) is 18.1. The first-order chi connectivity index (χ1) is 27.7. The second-order valence-corrected chi connectivity index (χ2v) is 18.1. The first kappa shape index (κ1) is 44.9. The lowest BCUT2D eigenvalue weighted by Crippen LogP contribution is -2.55. The van der Waals surface area contributed by atoms with Crippen LogP contribution in [-0.4, -0.2) is 119 Å². The van der Waals surface area contributed by atoms with Crippen molar-refractivity contribution < 1.29 is 38.1 Å². The van der Waals surface area contributed by atoms with Crippen molar-refractivity contribution in [3.8, 4) is 0 Å². The minimum atomic E-state index is -0.458. The summed E-state index contributed by atoms with van der Waals surface area (Å²) in [5, 5.41) is 0. The van der Waals surface area contributed by atoms with Crippen LogP contribution < -0.4 is 0 Å². The van der Waals surface area contributed by atoms with Gasteiger partial charge in [0.15, 0.2) is 0 Å². The lowest BCUT2D eigenvalue weighted by Gasteiger charge is -2.43. The summed E-state index contributed by atoms with van der Waals surface area (Å²) < 4.78 is 22.3. The van der Waals surface area contributed by atoms with Crippen LogP contribution in [0.2, 0.25) is 0 Å². The van der Waals surface area contributed by atoms with Gasteiger partial charge in [-0.25, -0.2) is 9.59 Å². The summed E-state index contributed by atoms with van der Waals surface area (Å²) in [5.41, 5.74) is 1.06. The molecule has 2 amide bonds. The summed E-state index contributed by atoms with van der Waals surface area (Å²) in [7, 11) is 0. The molecule has 12 heteroatoms. The van der Waals surface area contributed by atoms with Crippen molar-refractivity contribution in [2.24, 2.45) is 11.8 Å². The molecule has 0 unspecified atom stereocenters. The molecule has 2 heterocycles. The first-order valence-corrected chi connectivity index (χ1v) is 21.5. The van der Waals surface area contributed by atoms with Crippen LogP contribution in [0.15, 0.2) is 60.7 Å². The molecule has 2 aromatic rings. The van der Waals surface area contributed by atoms with Crippen LogP contribution in [-0.2, 0) is 41.8 Å². The molecule has 2 saturated carbocycles. The van der Waals surface area contributed by atoms with E-state index in [0.717, 1.165) is 88.7 Å². The minimum Gasteiger partial charge on any atom is -0.460 e. The van der Waals surface area contributed by atoms with Gasteiger partial charge >= 0.3 is 24.1 Å². The average molecular weight is 805 g/mol. The SMILES string of the molecule is CC(C)(C)OC(=O)[C@@H]1CCCC[C@H]1N1CCN(C(=O)OCc2ccccc2)CC1.CC(C)(C)OC(=O)[C@H]1CCCC[C@@H]1N1CCN(C(=O)OCc2ccccc2)CC1. The Bertz CT molecular complexity index is 1480. The molecule has 6 rings (SSSR count). The molecule has 2 aliphatic heterocycles. The fourth-order valence-electron chi connectivity index (χ4n) is 8.49. The molecule has 12 nitrogen and oxygen atoms in total. The lowest BCUT2D eigenvalue weighted by atomic mass is 9.83. The van der Waals surface area contributed by atoms with Crippen molar-refractivity contribution in [3.63, 3.8) is 0 Å². The Hall–Kier alpha value is -4.16. The van der Waals surface area contributed by atoms with E-state index in [9.17, 15) is 19.2 Å². The van der Waals surface area contributed by atoms with Crippen LogP contribution in [0.3, 0.4) is 0 Å². The molecule has 0 aromatic heterocycles. The van der Waals surface area contributed by atoms with E-state index in [0.29, 0.717) is 39.4 Å². The Labute approximate surface area is 346 Å². The standard InChI is InChI=1S/2C23H34N2O4/c2*1-23(2,3)29-21(26)19-11-7-8-12-20(19)24-13-15-25(16-14-24)22(27)28-17-18-9-5-4-6-10-18/h2*4-6,9-10,19-20H,7-8,11-17H2,1-3H3/t2*19-,20-/m10/s1. The van der Waals surface area contributed by atoms with Crippen LogP contribution in [0.5, 0.6) is 0 Å². The first-order valence-electron chi connectivity index (χ1n) is 21.5. The fourth-order valence-corrected chi connectivity index (χ4v) is 8.49. The Morgan fingerprint density at radius 2 is 0.828 bits per heavy atom. The summed E-state index contributed by atoms with van der Waals surface area (Å²) in [6.07, 6.45) is 7.72. The number of nitrogens with zero attached hydrogens (tertiary/aromatic N) is 4. The van der Waals surface area contributed by atoms with Gasteiger partial charge in [0, 0.05) is 64.4 Å². The average Bonchev–Trinajstić information content (AvgIpc) is 3.22. The second kappa shape index (κ2) is 21.2. The van der Waals surface area contributed by atoms with E-state index >= 15 is 0 Å². The summed E-state index contributed by atoms with van der Waals surface area (Å²) >= 11 is 0. The Morgan fingerprint density at radius 3 is 1.16 bits per heavy atom. The third kappa shape index (κ3) is 14.0. The number of rotatable bonds is 8. The largest absolute Gasteiger partial charge is 0.460 e. The van der Waals surface area contributed by atoms with Crippen LogP contribution in [0.1, 0.15) is 104 Å². The maximum Gasteiger partial charge on any atom is 0.410 e. The van der Waals surface area contributed by atoms with Gasteiger partial charge in [-0.2, -0.15) is 0 Å². The number of ether oxygens (including phenoxy) is 4. The zero-order valence-corrected chi connectivity index (χ0v) is 35.9. The van der Waals surface area contributed by atoms with E-state index in [2.05, 4.69) is 9.80 Å². The molecule has 4 atom stereocenters. The van der Waals surface area contributed by atoms with Crippen LogP contribution >= 0.6 is 0 Å². The molecule has 4 aliphatic rings. The van der Waals surface area contributed by atoms with Crippen molar-refractivity contribution in [2.45, 2.75) is 129 Å². The number of carbonyl (C=O) groups is 4. The number of piperazine rings is 2. The van der Waals surface area contributed by atoms with Crippen LogP contribution in [0.25, 0.3) is 0 Å². The highest BCUT2D eigenvalue weighted by Gasteiger charge is 2.40. The highest BCUT2D eigenvalue weighted by Crippen LogP contribution is 2.33. The number of esters is 2. The summed E-state index contributed by atoms with van der Waals surface area (Å²) in [6, 6.07) is 19.9. The maximum absolute atomic E-state index is 12.7. The Kier molecular flexibility index (Phi) is 16.4. The van der Waals surface area contributed by atoms with Crippen molar-refractivity contribution in [3.05, 3.63) is 71.8 Å². The molecule has 2 aliphatic carbocycles. The van der Waals surface area contributed by atoms with Crippen molar-refractivity contribution >= 4 is 24.1 Å². The van der Waals surface area contributed by atoms with Crippen molar-refractivity contribution in [2.75, 3.05) is 52.4 Å². The van der Waals surface area contributed by atoms with E-state index in [1.807, 2.05) is 102 Å². The number of amides is 2. The highest BCUT2D eigenvalue weighted by atomic mass is 16.6. The van der Waals surface area contributed by atoms with Crippen molar-refractivity contribution in [1.29, 1.82) is 0 Å². The maximum atomic E-state index is 12.7. The molecule has 2 saturated heterocycles. The minimum absolute atomic E-state index is 0.0699. The van der Waals surface area contributed by atoms with Gasteiger partial charge in [-0.3, -0.25) is 19.4 Å². The number of benzene rings is 2. The third-order valence-electron chi connectivity index (χ3n) is 11.4. The topological polar surface area (TPSA) is 118 Å². The predicted molar refractivity (Wildman–Crippen MR) is 223 cm³/mol. The number of hydrogen-bond donors (Lipinski definition) is 0. The quantitative estimate of drug-likeness (QED) is 0.194. The molecule has 58 heavy (non-hydrogen) atoms. The van der Waals surface area contributed by atoms with Gasteiger partial charge in [0.2, 0.25) is 0 Å². The zero-order valence-electron chi connectivity index (χ0n) is 35.9. The van der Waals surface area contributed by atoms with Crippen LogP contribution in [0.4, 0.5) is 9.59 Å². The molecule has 0 spiro atoms. The Balaban J connectivity index is 0.000000221. The zero-order chi connectivity index (χ0) is 41.7. The predicted octanol–water partition coefficient (Wildman–Crippen LogP) is 7.68. The van der Waals surface area contributed by atoms with E-state index in [-0.39, 0.29) is 48.0 Å². The van der Waals surface area contributed by atoms with E-state index in [4.69, 9.17) is 18.9 Å². The third-order valence-corrected chi connectivity index (χ3v) is 11.4. The van der Waals surface area contributed by atoms with Gasteiger partial charge in [0.05, 0.1) is 11.8 Å². The van der Waals surface area contributed by atoms with E-state index < -0.39 is 11.2 Å². The fraction of sp³-hybridized carbons (Fsp3) is 0.652. The molecular formula is C46H68N4O8. The van der Waals surface area contributed by atoms with E-state index in [1.165, 1.54) is 0 Å². The van der Waals surface area contributed by atoms with Gasteiger partial charge in [-0.1, -0.05) is 86.3 Å². The number of hydrogen-bond acceptors (Lipinski definition) is 10. The molecule has 320 valence electrons. The normalized spacial score (nSPS) is 23.5. The summed E-state index contributed by atoms with van der Waals surface area (Å²) in [6.45, 7) is 17.7. The summed E-state index contributed by atoms with van der Waals surface area (Å²) in [5.74, 6) is -0.294. The smallest absolute Gasteiger partial charge is 0.410 e. The van der Waals surface area contributed by atoms with Gasteiger partial charge in [0.1, 0.15) is 24.4 Å². The van der Waals surface area contributed by atoms with Gasteiger partial charge in [-0.05, 0) is 78.4 Å². The van der Waals surface area contributed by atoms with Gasteiger partial charge < -0.3 is 28.7 Å². The molecule has 0 bridgehead atoms. The molecular weight excluding hydrogens is 737 g/mol. The Morgan fingerprint density at radius 1 is 0.500 bits per heavy atom. The monoisotopic (exact) mass is 805 g/mol. The molecule has 0 radical (unpaired) electrons. The number of carbonyl (C=O) groups excluding carboxylic acids is 4. The molecule has 2 aromatic carbocycles. The lowest BCUT2D eigenvalue weighted by molar-refractivity contribution is -0.165. The highest BCUT2D eigenvalue weighted by molar-refractivity contribution is 5.74. The van der Waals surface area contributed by atoms with Gasteiger partial charge in [-0.15, -0.1) is 0 Å². The molecule has 0 N–H and O–H groups in total. The summed E-state index contributed by atoms with van der Waals surface area (Å²) in [4.78, 5) is 58.5. The van der Waals surface area contributed by atoms with Crippen LogP contribution in [0, 0.1) is 11.8 Å².